The van der Waals surface area contributed by atoms with E-state index in [1.54, 1.807) is 12.1 Å². The van der Waals surface area contributed by atoms with Crippen LogP contribution in [0.25, 0.3) is 0 Å². The Labute approximate surface area is 91.0 Å². The Morgan fingerprint density at radius 1 is 1.50 bits per heavy atom. The third-order valence-corrected chi connectivity index (χ3v) is 2.57. The van der Waals surface area contributed by atoms with Crippen molar-refractivity contribution in [2.24, 2.45) is 0 Å². The molecule has 0 radical (unpaired) electrons. The van der Waals surface area contributed by atoms with Crippen molar-refractivity contribution in [3.05, 3.63) is 22.7 Å². The summed E-state index contributed by atoms with van der Waals surface area (Å²) < 4.78 is 5.20. The molecule has 1 amide bonds. The number of amides is 1. The maximum atomic E-state index is 11.0. The van der Waals surface area contributed by atoms with Crippen LogP contribution in [-0.4, -0.2) is 12.5 Å². The highest BCUT2D eigenvalue weighted by Gasteiger charge is 2.17. The predicted molar refractivity (Wildman–Crippen MR) is 55.1 cm³/mol. The molecular formula is C9H7Cl2NO2. The molecule has 0 bridgehead atoms. The quantitative estimate of drug-likeness (QED) is 0.755. The molecule has 0 fully saturated rings. The van der Waals surface area contributed by atoms with Crippen molar-refractivity contribution in [2.45, 2.75) is 5.88 Å². The van der Waals surface area contributed by atoms with E-state index in [9.17, 15) is 4.79 Å². The van der Waals surface area contributed by atoms with Gasteiger partial charge in [0.2, 0.25) is 0 Å². The van der Waals surface area contributed by atoms with E-state index in [0.717, 1.165) is 5.56 Å². The van der Waals surface area contributed by atoms with Crippen LogP contribution in [0.15, 0.2) is 12.1 Å². The molecular weight excluding hydrogens is 225 g/mol. The maximum Gasteiger partial charge on any atom is 0.262 e. The van der Waals surface area contributed by atoms with Crippen LogP contribution in [0, 0.1) is 0 Å². The third kappa shape index (κ3) is 1.65. The van der Waals surface area contributed by atoms with Gasteiger partial charge in [-0.25, -0.2) is 0 Å². The van der Waals surface area contributed by atoms with E-state index in [1.807, 2.05) is 0 Å². The Balaban J connectivity index is 2.45. The van der Waals surface area contributed by atoms with Gasteiger partial charge < -0.3 is 10.1 Å². The molecule has 3 nitrogen and oxygen atoms in total. The topological polar surface area (TPSA) is 38.3 Å². The summed E-state index contributed by atoms with van der Waals surface area (Å²) >= 11 is 11.6. The van der Waals surface area contributed by atoms with Crippen molar-refractivity contribution in [3.63, 3.8) is 0 Å². The number of halogens is 2. The Morgan fingerprint density at radius 2 is 2.29 bits per heavy atom. The van der Waals surface area contributed by atoms with Crippen LogP contribution in [0.5, 0.6) is 5.75 Å². The number of alkyl halides is 1. The summed E-state index contributed by atoms with van der Waals surface area (Å²) in [6.07, 6.45) is 0. The van der Waals surface area contributed by atoms with Gasteiger partial charge in [-0.3, -0.25) is 4.79 Å². The molecule has 0 atom stereocenters. The van der Waals surface area contributed by atoms with Crippen molar-refractivity contribution in [1.82, 2.24) is 0 Å². The zero-order valence-electron chi connectivity index (χ0n) is 7.14. The SMILES string of the molecule is O=C1COc2cc(CCl)c(Cl)cc2N1. The highest BCUT2D eigenvalue weighted by atomic mass is 35.5. The number of carbonyl (C=O) groups is 1. The fourth-order valence-electron chi connectivity index (χ4n) is 1.24. The van der Waals surface area contributed by atoms with Gasteiger partial charge in [-0.1, -0.05) is 11.6 Å². The number of hydrogen-bond donors (Lipinski definition) is 1. The molecule has 0 aromatic heterocycles. The van der Waals surface area contributed by atoms with Crippen LogP contribution in [0.2, 0.25) is 5.02 Å². The molecule has 14 heavy (non-hydrogen) atoms. The third-order valence-electron chi connectivity index (χ3n) is 1.93. The lowest BCUT2D eigenvalue weighted by atomic mass is 10.2. The lowest BCUT2D eigenvalue weighted by Gasteiger charge is -2.18. The number of nitrogens with one attached hydrogen (secondary N) is 1. The minimum Gasteiger partial charge on any atom is -0.482 e. The van der Waals surface area contributed by atoms with Gasteiger partial charge in [-0.15, -0.1) is 11.6 Å². The standard InChI is InChI=1S/C9H7Cl2NO2/c10-3-5-1-8-7(2-6(5)11)12-9(13)4-14-8/h1-2H,3-4H2,(H,12,13). The van der Waals surface area contributed by atoms with Gasteiger partial charge in [0.15, 0.2) is 6.61 Å². The number of carbonyl (C=O) groups excluding carboxylic acids is 1. The van der Waals surface area contributed by atoms with E-state index < -0.39 is 0 Å². The molecule has 0 aliphatic carbocycles. The number of benzene rings is 1. The highest BCUT2D eigenvalue weighted by Crippen LogP contribution is 2.33. The van der Waals surface area contributed by atoms with Crippen LogP contribution >= 0.6 is 23.2 Å². The summed E-state index contributed by atoms with van der Waals surface area (Å²) in [4.78, 5) is 11.0. The van der Waals surface area contributed by atoms with Gasteiger partial charge >= 0.3 is 0 Å². The Bertz CT molecular complexity index is 393. The molecule has 1 N–H and O–H groups in total. The zero-order valence-corrected chi connectivity index (χ0v) is 8.65. The van der Waals surface area contributed by atoms with Crippen molar-refractivity contribution in [1.29, 1.82) is 0 Å². The molecule has 1 heterocycles. The maximum absolute atomic E-state index is 11.0. The number of anilines is 1. The molecule has 0 saturated carbocycles. The summed E-state index contributed by atoms with van der Waals surface area (Å²) in [6.45, 7) is 0.0381. The fourth-order valence-corrected chi connectivity index (χ4v) is 1.76. The van der Waals surface area contributed by atoms with Crippen LogP contribution in [-0.2, 0) is 10.7 Å². The van der Waals surface area contributed by atoms with Crippen molar-refractivity contribution >= 4 is 34.8 Å². The molecule has 1 aliphatic rings. The fraction of sp³-hybridized carbons (Fsp3) is 0.222. The minimum absolute atomic E-state index is 0.0381. The van der Waals surface area contributed by atoms with Crippen LogP contribution in [0.3, 0.4) is 0 Å². The van der Waals surface area contributed by atoms with E-state index in [2.05, 4.69) is 5.32 Å². The van der Waals surface area contributed by atoms with Crippen molar-refractivity contribution < 1.29 is 9.53 Å². The molecule has 0 spiro atoms. The summed E-state index contributed by atoms with van der Waals surface area (Å²) in [5.74, 6) is 0.764. The molecule has 1 aromatic rings. The van der Waals surface area contributed by atoms with Gasteiger partial charge in [0.25, 0.3) is 5.91 Å². The number of fused-ring (bicyclic) bond motifs is 1. The van der Waals surface area contributed by atoms with Crippen LogP contribution < -0.4 is 10.1 Å². The average molecular weight is 232 g/mol. The second-order valence-electron chi connectivity index (χ2n) is 2.91. The van der Waals surface area contributed by atoms with E-state index in [-0.39, 0.29) is 12.5 Å². The van der Waals surface area contributed by atoms with Gasteiger partial charge in [0.05, 0.1) is 5.69 Å². The second kappa shape index (κ2) is 3.67. The monoisotopic (exact) mass is 231 g/mol. The minimum atomic E-state index is -0.174. The van der Waals surface area contributed by atoms with E-state index in [4.69, 9.17) is 27.9 Å². The Hall–Kier alpha value is -0.930. The first-order valence-electron chi connectivity index (χ1n) is 4.01. The van der Waals surface area contributed by atoms with Gasteiger partial charge in [0.1, 0.15) is 5.75 Å². The first kappa shape index (κ1) is 9.62. The number of hydrogen-bond acceptors (Lipinski definition) is 2. The average Bonchev–Trinajstić information content (AvgIpc) is 2.16. The largest absolute Gasteiger partial charge is 0.482 e. The summed E-state index contributed by atoms with van der Waals surface area (Å²) in [5, 5.41) is 3.19. The predicted octanol–water partition coefficient (Wildman–Crippen LogP) is 2.41. The van der Waals surface area contributed by atoms with Crippen molar-refractivity contribution in [3.8, 4) is 5.75 Å². The smallest absolute Gasteiger partial charge is 0.262 e. The van der Waals surface area contributed by atoms with Gasteiger partial charge in [-0.05, 0) is 17.7 Å². The number of rotatable bonds is 1. The summed E-state index contributed by atoms with van der Waals surface area (Å²) in [6, 6.07) is 3.38. The molecule has 0 unspecified atom stereocenters. The van der Waals surface area contributed by atoms with E-state index >= 15 is 0 Å². The summed E-state index contributed by atoms with van der Waals surface area (Å²) in [7, 11) is 0. The molecule has 1 aliphatic heterocycles. The Kier molecular flexibility index (Phi) is 2.52. The normalized spacial score (nSPS) is 14.3. The van der Waals surface area contributed by atoms with E-state index in [1.165, 1.54) is 0 Å². The van der Waals surface area contributed by atoms with Crippen LogP contribution in [0.4, 0.5) is 5.69 Å². The first-order chi connectivity index (χ1) is 6.70. The van der Waals surface area contributed by atoms with Crippen molar-refractivity contribution in [2.75, 3.05) is 11.9 Å². The molecule has 1 aromatic carbocycles. The zero-order chi connectivity index (χ0) is 10.1. The number of ether oxygens (including phenoxy) is 1. The van der Waals surface area contributed by atoms with Gasteiger partial charge in [0, 0.05) is 10.9 Å². The van der Waals surface area contributed by atoms with Gasteiger partial charge in [-0.2, -0.15) is 0 Å². The summed E-state index contributed by atoms with van der Waals surface area (Å²) in [5.41, 5.74) is 1.39. The molecule has 5 heteroatoms. The molecule has 74 valence electrons. The van der Waals surface area contributed by atoms with Crippen LogP contribution in [0.1, 0.15) is 5.56 Å². The van der Waals surface area contributed by atoms with E-state index in [0.29, 0.717) is 22.3 Å². The molecule has 2 rings (SSSR count). The second-order valence-corrected chi connectivity index (χ2v) is 3.58. The first-order valence-corrected chi connectivity index (χ1v) is 4.93. The Morgan fingerprint density at radius 3 is 3.00 bits per heavy atom. The molecule has 0 saturated heterocycles. The lowest BCUT2D eigenvalue weighted by Crippen LogP contribution is -2.25. The lowest BCUT2D eigenvalue weighted by molar-refractivity contribution is -0.118. The highest BCUT2D eigenvalue weighted by molar-refractivity contribution is 6.32.